The van der Waals surface area contributed by atoms with Crippen LogP contribution in [0.1, 0.15) is 20.8 Å². The lowest BCUT2D eigenvalue weighted by Crippen LogP contribution is -2.51. The molecule has 1 fully saturated rings. The molecule has 1 aliphatic rings. The summed E-state index contributed by atoms with van der Waals surface area (Å²) in [7, 11) is 0. The fourth-order valence-electron chi connectivity index (χ4n) is 4.19. The first-order valence-electron chi connectivity index (χ1n) is 11.9. The van der Waals surface area contributed by atoms with Gasteiger partial charge in [-0.05, 0) is 36.8 Å². The third-order valence-corrected chi connectivity index (χ3v) is 5.95. The molecule has 3 heterocycles. The highest BCUT2D eigenvalue weighted by atomic mass is 16.2. The van der Waals surface area contributed by atoms with Crippen LogP contribution in [0.15, 0.2) is 48.8 Å². The third-order valence-electron chi connectivity index (χ3n) is 5.95. The number of hydrogen-bond acceptors (Lipinski definition) is 5. The normalized spacial score (nSPS) is 14.2. The van der Waals surface area contributed by atoms with Crippen molar-refractivity contribution in [3.63, 3.8) is 0 Å². The number of benzene rings is 1. The number of carbonyl (C=O) groups is 1. The quantitative estimate of drug-likeness (QED) is 0.460. The van der Waals surface area contributed by atoms with E-state index in [-0.39, 0.29) is 6.03 Å². The first-order chi connectivity index (χ1) is 16.0. The zero-order valence-electron chi connectivity index (χ0n) is 19.8. The molecule has 8 heteroatoms. The Labute approximate surface area is 195 Å². The van der Waals surface area contributed by atoms with Crippen molar-refractivity contribution >= 4 is 22.9 Å². The SMILES string of the molecule is CCNC(=O)N1CCN(c2ccnn3cc(-c4ccc(NCCNC(C)C)cc4)cc23)CC1. The van der Waals surface area contributed by atoms with Crippen LogP contribution in [0.2, 0.25) is 0 Å². The Morgan fingerprint density at radius 2 is 1.79 bits per heavy atom. The lowest BCUT2D eigenvalue weighted by atomic mass is 10.1. The van der Waals surface area contributed by atoms with Crippen molar-refractivity contribution in [2.24, 2.45) is 0 Å². The minimum atomic E-state index is 0.0242. The lowest BCUT2D eigenvalue weighted by molar-refractivity contribution is 0.195. The van der Waals surface area contributed by atoms with Gasteiger partial charge in [0.1, 0.15) is 0 Å². The van der Waals surface area contributed by atoms with Crippen molar-refractivity contribution < 1.29 is 4.79 Å². The summed E-state index contributed by atoms with van der Waals surface area (Å²) in [4.78, 5) is 16.3. The molecule has 0 unspecified atom stereocenters. The molecule has 0 radical (unpaired) electrons. The van der Waals surface area contributed by atoms with Crippen LogP contribution in [0, 0.1) is 0 Å². The highest BCUT2D eigenvalue weighted by Gasteiger charge is 2.22. The molecule has 1 aromatic carbocycles. The summed E-state index contributed by atoms with van der Waals surface area (Å²) in [6.07, 6.45) is 3.93. The number of hydrogen-bond donors (Lipinski definition) is 3. The molecule has 2 amide bonds. The van der Waals surface area contributed by atoms with E-state index in [9.17, 15) is 4.79 Å². The van der Waals surface area contributed by atoms with E-state index in [1.807, 2.05) is 22.5 Å². The summed E-state index contributed by atoms with van der Waals surface area (Å²) in [5.41, 5.74) is 5.67. The molecule has 1 saturated heterocycles. The van der Waals surface area contributed by atoms with E-state index >= 15 is 0 Å². The van der Waals surface area contributed by atoms with Gasteiger partial charge in [-0.2, -0.15) is 5.10 Å². The zero-order valence-corrected chi connectivity index (χ0v) is 19.8. The van der Waals surface area contributed by atoms with Crippen LogP contribution in [0.25, 0.3) is 16.6 Å². The second kappa shape index (κ2) is 10.6. The van der Waals surface area contributed by atoms with Crippen molar-refractivity contribution in [3.8, 4) is 11.1 Å². The van der Waals surface area contributed by atoms with E-state index in [1.54, 1.807) is 0 Å². The van der Waals surface area contributed by atoms with E-state index in [1.165, 1.54) is 5.56 Å². The Morgan fingerprint density at radius 1 is 1.03 bits per heavy atom. The number of carbonyl (C=O) groups excluding carboxylic acids is 1. The molecular formula is C25H35N7O. The summed E-state index contributed by atoms with van der Waals surface area (Å²) < 4.78 is 1.95. The molecule has 33 heavy (non-hydrogen) atoms. The van der Waals surface area contributed by atoms with Gasteiger partial charge >= 0.3 is 6.03 Å². The number of nitrogens with one attached hydrogen (secondary N) is 3. The standard InChI is InChI=1S/C25H35N7O/c1-4-26-25(33)31-15-13-30(14-16-31)23-9-10-29-32-18-21(17-24(23)32)20-5-7-22(8-6-20)28-12-11-27-19(2)3/h5-10,17-19,27-28H,4,11-16H2,1-3H3,(H,26,33). The molecule has 0 atom stereocenters. The maximum absolute atomic E-state index is 12.1. The van der Waals surface area contributed by atoms with Gasteiger partial charge in [0.2, 0.25) is 0 Å². The molecule has 3 N–H and O–H groups in total. The Morgan fingerprint density at radius 3 is 2.48 bits per heavy atom. The van der Waals surface area contributed by atoms with Gasteiger partial charge in [-0.15, -0.1) is 0 Å². The number of nitrogens with zero attached hydrogens (tertiary/aromatic N) is 4. The van der Waals surface area contributed by atoms with Crippen molar-refractivity contribution in [1.82, 2.24) is 25.1 Å². The van der Waals surface area contributed by atoms with Crippen LogP contribution in [-0.4, -0.2) is 72.4 Å². The van der Waals surface area contributed by atoms with Crippen LogP contribution in [0.4, 0.5) is 16.2 Å². The molecule has 1 aliphatic heterocycles. The molecule has 8 nitrogen and oxygen atoms in total. The van der Waals surface area contributed by atoms with Crippen LogP contribution >= 0.6 is 0 Å². The number of anilines is 2. The topological polar surface area (TPSA) is 76.9 Å². The third kappa shape index (κ3) is 5.57. The predicted octanol–water partition coefficient (Wildman–Crippen LogP) is 3.26. The Hall–Kier alpha value is -3.26. The maximum Gasteiger partial charge on any atom is 0.317 e. The van der Waals surface area contributed by atoms with Gasteiger partial charge in [0.25, 0.3) is 0 Å². The number of rotatable bonds is 8. The lowest BCUT2D eigenvalue weighted by Gasteiger charge is -2.36. The van der Waals surface area contributed by atoms with Gasteiger partial charge in [-0.1, -0.05) is 26.0 Å². The number of urea groups is 1. The van der Waals surface area contributed by atoms with Gasteiger partial charge in [0.05, 0.1) is 11.2 Å². The molecule has 2 aromatic heterocycles. The van der Waals surface area contributed by atoms with Crippen molar-refractivity contribution in [3.05, 3.63) is 48.8 Å². The van der Waals surface area contributed by atoms with Crippen LogP contribution in [0.5, 0.6) is 0 Å². The number of amides is 2. The predicted molar refractivity (Wildman–Crippen MR) is 135 cm³/mol. The number of aromatic nitrogens is 2. The highest BCUT2D eigenvalue weighted by molar-refractivity contribution is 5.80. The fourth-order valence-corrected chi connectivity index (χ4v) is 4.19. The summed E-state index contributed by atoms with van der Waals surface area (Å²) in [6.45, 7) is 11.8. The molecule has 0 aliphatic carbocycles. The van der Waals surface area contributed by atoms with Crippen LogP contribution in [0.3, 0.4) is 0 Å². The Kier molecular flexibility index (Phi) is 7.34. The summed E-state index contributed by atoms with van der Waals surface area (Å²) in [5, 5.41) is 14.3. The molecule has 0 saturated carbocycles. The van der Waals surface area contributed by atoms with Gasteiger partial charge in [-0.3, -0.25) is 0 Å². The smallest absolute Gasteiger partial charge is 0.317 e. The fraction of sp³-hybridized carbons (Fsp3) is 0.440. The minimum absolute atomic E-state index is 0.0242. The highest BCUT2D eigenvalue weighted by Crippen LogP contribution is 2.29. The molecule has 0 bridgehead atoms. The van der Waals surface area contributed by atoms with E-state index < -0.39 is 0 Å². The van der Waals surface area contributed by atoms with E-state index in [0.29, 0.717) is 12.6 Å². The largest absolute Gasteiger partial charge is 0.384 e. The summed E-state index contributed by atoms with van der Waals surface area (Å²) >= 11 is 0. The Balaban J connectivity index is 1.44. The minimum Gasteiger partial charge on any atom is -0.384 e. The van der Waals surface area contributed by atoms with Crippen LogP contribution < -0.4 is 20.9 Å². The zero-order chi connectivity index (χ0) is 23.2. The van der Waals surface area contributed by atoms with E-state index in [4.69, 9.17) is 0 Å². The Bertz CT molecular complexity index is 1050. The average molecular weight is 450 g/mol. The van der Waals surface area contributed by atoms with Gasteiger partial charge in [-0.25, -0.2) is 9.31 Å². The summed E-state index contributed by atoms with van der Waals surface area (Å²) in [6, 6.07) is 13.4. The maximum atomic E-state index is 12.1. The molecule has 4 rings (SSSR count). The molecule has 3 aromatic rings. The second-order valence-electron chi connectivity index (χ2n) is 8.70. The van der Waals surface area contributed by atoms with Crippen molar-refractivity contribution in [2.75, 3.05) is 56.0 Å². The first kappa shape index (κ1) is 22.9. The second-order valence-corrected chi connectivity index (χ2v) is 8.70. The van der Waals surface area contributed by atoms with Crippen molar-refractivity contribution in [1.29, 1.82) is 0 Å². The monoisotopic (exact) mass is 449 g/mol. The van der Waals surface area contributed by atoms with Crippen LogP contribution in [-0.2, 0) is 0 Å². The number of fused-ring (bicyclic) bond motifs is 1. The van der Waals surface area contributed by atoms with Crippen molar-refractivity contribution in [2.45, 2.75) is 26.8 Å². The molecule has 0 spiro atoms. The average Bonchev–Trinajstić information content (AvgIpc) is 3.27. The van der Waals surface area contributed by atoms with Gasteiger partial charge in [0, 0.05) is 75.5 Å². The van der Waals surface area contributed by atoms with E-state index in [0.717, 1.165) is 61.7 Å². The van der Waals surface area contributed by atoms with Gasteiger partial charge < -0.3 is 25.8 Å². The molecular weight excluding hydrogens is 414 g/mol. The first-order valence-corrected chi connectivity index (χ1v) is 11.9. The van der Waals surface area contributed by atoms with E-state index in [2.05, 4.69) is 82.4 Å². The number of piperazine rings is 1. The summed E-state index contributed by atoms with van der Waals surface area (Å²) in [5.74, 6) is 0. The molecule has 176 valence electrons. The van der Waals surface area contributed by atoms with Gasteiger partial charge in [0.15, 0.2) is 0 Å².